The molecule has 0 radical (unpaired) electrons. The van der Waals surface area contributed by atoms with E-state index in [4.69, 9.17) is 9.26 Å². The van der Waals surface area contributed by atoms with Crippen LogP contribution in [0.3, 0.4) is 0 Å². The van der Waals surface area contributed by atoms with Gasteiger partial charge >= 0.3 is 0 Å². The zero-order valence-corrected chi connectivity index (χ0v) is 18.6. The summed E-state index contributed by atoms with van der Waals surface area (Å²) in [6, 6.07) is 12.0. The van der Waals surface area contributed by atoms with Gasteiger partial charge in [0.15, 0.2) is 5.82 Å². The molecule has 1 saturated heterocycles. The Hall–Kier alpha value is -3.06. The fraction of sp³-hybridized carbons (Fsp3) is 0.417. The normalized spacial score (nSPS) is 15.2. The lowest BCUT2D eigenvalue weighted by atomic mass is 10.0. The number of amides is 1. The minimum atomic E-state index is -0.0772. The van der Waals surface area contributed by atoms with Gasteiger partial charge in [0.05, 0.1) is 18.7 Å². The van der Waals surface area contributed by atoms with Crippen LogP contribution in [0.25, 0.3) is 5.82 Å². The van der Waals surface area contributed by atoms with Crippen molar-refractivity contribution in [2.45, 2.75) is 39.7 Å². The molecule has 1 atom stereocenters. The highest BCUT2D eigenvalue weighted by Gasteiger charge is 2.25. The number of carbonyl (C=O) groups excluding carboxylic acids is 1. The van der Waals surface area contributed by atoms with Crippen LogP contribution in [-0.4, -0.2) is 47.3 Å². The fourth-order valence-electron chi connectivity index (χ4n) is 4.45. The molecule has 1 fully saturated rings. The summed E-state index contributed by atoms with van der Waals surface area (Å²) < 4.78 is 12.6. The van der Waals surface area contributed by atoms with Gasteiger partial charge in [-0.1, -0.05) is 17.3 Å². The van der Waals surface area contributed by atoms with Gasteiger partial charge in [0, 0.05) is 24.0 Å². The van der Waals surface area contributed by atoms with E-state index in [1.165, 1.54) is 12.8 Å². The van der Waals surface area contributed by atoms with Crippen LogP contribution in [0.15, 0.2) is 40.9 Å². The highest BCUT2D eigenvalue weighted by molar-refractivity contribution is 5.95. The number of aromatic nitrogens is 2. The minimum absolute atomic E-state index is 0.0772. The van der Waals surface area contributed by atoms with Crippen LogP contribution in [0.2, 0.25) is 0 Å². The third-order valence-electron chi connectivity index (χ3n) is 6.04. The van der Waals surface area contributed by atoms with E-state index in [1.807, 2.05) is 49.6 Å². The van der Waals surface area contributed by atoms with E-state index in [0.29, 0.717) is 17.9 Å². The Balaban J connectivity index is 1.54. The number of ether oxygens (including phenoxy) is 1. The summed E-state index contributed by atoms with van der Waals surface area (Å²) in [6.45, 7) is 8.38. The summed E-state index contributed by atoms with van der Waals surface area (Å²) >= 11 is 0. The molecule has 0 bridgehead atoms. The van der Waals surface area contributed by atoms with Crippen molar-refractivity contribution in [3.05, 3.63) is 64.7 Å². The third kappa shape index (κ3) is 4.37. The number of carbonyl (C=O) groups is 1. The number of hydrogen-bond donors (Lipinski definition) is 1. The predicted molar refractivity (Wildman–Crippen MR) is 119 cm³/mol. The molecule has 7 heteroatoms. The Morgan fingerprint density at radius 1 is 1.19 bits per heavy atom. The molecule has 1 N–H and O–H groups in total. The number of benzene rings is 1. The van der Waals surface area contributed by atoms with Gasteiger partial charge in [-0.05, 0) is 70.5 Å². The first-order chi connectivity index (χ1) is 15.0. The zero-order chi connectivity index (χ0) is 22.0. The van der Waals surface area contributed by atoms with Gasteiger partial charge in [0.2, 0.25) is 0 Å². The lowest BCUT2D eigenvalue weighted by Gasteiger charge is -2.28. The number of rotatable bonds is 7. The van der Waals surface area contributed by atoms with Gasteiger partial charge in [0.25, 0.3) is 5.91 Å². The molecule has 0 saturated carbocycles. The predicted octanol–water partition coefficient (Wildman–Crippen LogP) is 3.97. The van der Waals surface area contributed by atoms with Crippen molar-refractivity contribution < 1.29 is 14.1 Å². The number of methoxy groups -OCH3 is 1. The van der Waals surface area contributed by atoms with E-state index >= 15 is 0 Å². The average Bonchev–Trinajstić information content (AvgIpc) is 3.50. The maximum absolute atomic E-state index is 13.1. The summed E-state index contributed by atoms with van der Waals surface area (Å²) in [4.78, 5) is 15.6. The number of hydrogen-bond acceptors (Lipinski definition) is 5. The SMILES string of the molecule is COc1cccc(C(CNC(=O)c2cc(C)n(-c3cc(C)on3)c2C)N2CCCC2)c1. The fourth-order valence-corrected chi connectivity index (χ4v) is 4.45. The molecule has 1 aromatic carbocycles. The van der Waals surface area contributed by atoms with Crippen molar-refractivity contribution in [2.24, 2.45) is 0 Å². The van der Waals surface area contributed by atoms with E-state index in [9.17, 15) is 4.79 Å². The molecule has 164 valence electrons. The highest BCUT2D eigenvalue weighted by atomic mass is 16.5. The van der Waals surface area contributed by atoms with E-state index in [1.54, 1.807) is 7.11 Å². The molecule has 0 spiro atoms. The number of likely N-dealkylation sites (tertiary alicyclic amines) is 1. The van der Waals surface area contributed by atoms with Crippen LogP contribution >= 0.6 is 0 Å². The molecule has 1 unspecified atom stereocenters. The topological polar surface area (TPSA) is 72.5 Å². The maximum atomic E-state index is 13.1. The summed E-state index contributed by atoms with van der Waals surface area (Å²) in [7, 11) is 1.68. The van der Waals surface area contributed by atoms with Gasteiger partial charge in [0.1, 0.15) is 11.5 Å². The van der Waals surface area contributed by atoms with Crippen molar-refractivity contribution in [2.75, 3.05) is 26.7 Å². The second kappa shape index (κ2) is 8.98. The summed E-state index contributed by atoms with van der Waals surface area (Å²) in [5.74, 6) is 2.18. The van der Waals surface area contributed by atoms with E-state index in [2.05, 4.69) is 27.5 Å². The lowest BCUT2D eigenvalue weighted by molar-refractivity contribution is 0.0937. The Morgan fingerprint density at radius 2 is 1.97 bits per heavy atom. The monoisotopic (exact) mass is 422 g/mol. The highest BCUT2D eigenvalue weighted by Crippen LogP contribution is 2.27. The molecule has 3 heterocycles. The molecule has 1 aliphatic heterocycles. The summed E-state index contributed by atoms with van der Waals surface area (Å²) in [5.41, 5.74) is 3.61. The number of nitrogens with one attached hydrogen (secondary N) is 1. The first-order valence-corrected chi connectivity index (χ1v) is 10.8. The standard InChI is InChI=1S/C24H30N4O3/c1-16-12-21(18(3)28(16)23-13-17(2)31-26-23)24(29)25-15-22(27-10-5-6-11-27)19-8-7-9-20(14-19)30-4/h7-9,12-14,22H,5-6,10-11,15H2,1-4H3,(H,25,29). The van der Waals surface area contributed by atoms with Crippen molar-refractivity contribution in [1.82, 2.24) is 19.9 Å². The van der Waals surface area contributed by atoms with E-state index in [0.717, 1.165) is 41.6 Å². The Morgan fingerprint density at radius 3 is 2.65 bits per heavy atom. The van der Waals surface area contributed by atoms with Crippen LogP contribution in [0.1, 0.15) is 52.0 Å². The summed E-state index contributed by atoms with van der Waals surface area (Å²) in [5, 5.41) is 7.27. The second-order valence-corrected chi connectivity index (χ2v) is 8.16. The Labute approximate surface area is 183 Å². The van der Waals surface area contributed by atoms with Crippen molar-refractivity contribution in [1.29, 1.82) is 0 Å². The molecule has 7 nitrogen and oxygen atoms in total. The Bertz CT molecular complexity index is 1060. The molecular formula is C24H30N4O3. The second-order valence-electron chi connectivity index (χ2n) is 8.16. The Kier molecular flexibility index (Phi) is 6.13. The third-order valence-corrected chi connectivity index (χ3v) is 6.04. The van der Waals surface area contributed by atoms with Gasteiger partial charge < -0.3 is 14.6 Å². The first-order valence-electron chi connectivity index (χ1n) is 10.8. The van der Waals surface area contributed by atoms with E-state index in [-0.39, 0.29) is 11.9 Å². The molecule has 1 amide bonds. The molecule has 3 aromatic rings. The largest absolute Gasteiger partial charge is 0.497 e. The first kappa shape index (κ1) is 21.2. The quantitative estimate of drug-likeness (QED) is 0.624. The number of aryl methyl sites for hydroxylation is 2. The van der Waals surface area contributed by atoms with Crippen LogP contribution in [0.4, 0.5) is 0 Å². The van der Waals surface area contributed by atoms with Crippen LogP contribution in [0, 0.1) is 20.8 Å². The minimum Gasteiger partial charge on any atom is -0.497 e. The van der Waals surface area contributed by atoms with Crippen molar-refractivity contribution in [3.8, 4) is 11.6 Å². The van der Waals surface area contributed by atoms with Crippen molar-refractivity contribution in [3.63, 3.8) is 0 Å². The molecule has 0 aliphatic carbocycles. The molecule has 31 heavy (non-hydrogen) atoms. The molecule has 4 rings (SSSR count). The van der Waals surface area contributed by atoms with Crippen LogP contribution in [0.5, 0.6) is 5.75 Å². The lowest BCUT2D eigenvalue weighted by Crippen LogP contribution is -2.37. The average molecular weight is 423 g/mol. The van der Waals surface area contributed by atoms with Crippen molar-refractivity contribution >= 4 is 5.91 Å². The van der Waals surface area contributed by atoms with Gasteiger partial charge in [-0.3, -0.25) is 14.3 Å². The maximum Gasteiger partial charge on any atom is 0.253 e. The van der Waals surface area contributed by atoms with Gasteiger partial charge in [-0.2, -0.15) is 0 Å². The molecular weight excluding hydrogens is 392 g/mol. The van der Waals surface area contributed by atoms with Crippen LogP contribution < -0.4 is 10.1 Å². The van der Waals surface area contributed by atoms with Crippen LogP contribution in [-0.2, 0) is 0 Å². The molecule has 1 aliphatic rings. The molecule has 2 aromatic heterocycles. The number of nitrogens with zero attached hydrogens (tertiary/aromatic N) is 3. The van der Waals surface area contributed by atoms with E-state index < -0.39 is 0 Å². The smallest absolute Gasteiger partial charge is 0.253 e. The summed E-state index contributed by atoms with van der Waals surface area (Å²) in [6.07, 6.45) is 2.37. The van der Waals surface area contributed by atoms with Gasteiger partial charge in [-0.25, -0.2) is 0 Å². The zero-order valence-electron chi connectivity index (χ0n) is 18.6. The van der Waals surface area contributed by atoms with Gasteiger partial charge in [-0.15, -0.1) is 0 Å².